The van der Waals surface area contributed by atoms with Crippen molar-refractivity contribution < 1.29 is 14.6 Å². The smallest absolute Gasteiger partial charge is 0.310 e. The number of methoxy groups -OCH3 is 1. The third-order valence-corrected chi connectivity index (χ3v) is 3.43. The lowest BCUT2D eigenvalue weighted by Crippen LogP contribution is -2.07. The number of rotatable bonds is 4. The average Bonchev–Trinajstić information content (AvgIpc) is 2.45. The number of carboxylic acid groups (broad SMARTS) is 1. The summed E-state index contributed by atoms with van der Waals surface area (Å²) < 4.78 is 5.12. The first-order valence-corrected chi connectivity index (χ1v) is 6.57. The van der Waals surface area contributed by atoms with E-state index in [0.29, 0.717) is 10.6 Å². The van der Waals surface area contributed by atoms with E-state index in [1.165, 1.54) is 0 Å². The summed E-state index contributed by atoms with van der Waals surface area (Å²) in [5.74, 6) is -0.687. The van der Waals surface area contributed by atoms with Crippen molar-refractivity contribution in [3.8, 4) is 16.9 Å². The molecule has 20 heavy (non-hydrogen) atoms. The molecule has 0 unspecified atom stereocenters. The maximum absolute atomic E-state index is 11.1. The van der Waals surface area contributed by atoms with Gasteiger partial charge in [0.05, 0.1) is 13.0 Å². The molecule has 2 aromatic rings. The summed E-state index contributed by atoms with van der Waals surface area (Å²) in [5, 5.41) is 9.63. The molecule has 0 aliphatic rings. The number of hydrogen-bond acceptors (Lipinski definition) is 2. The van der Waals surface area contributed by atoms with Crippen LogP contribution in [0.15, 0.2) is 42.5 Å². The molecule has 0 bridgehead atoms. The van der Waals surface area contributed by atoms with Gasteiger partial charge < -0.3 is 9.84 Å². The lowest BCUT2D eigenvalue weighted by atomic mass is 9.96. The van der Waals surface area contributed by atoms with Gasteiger partial charge in [0, 0.05) is 5.02 Å². The number of ether oxygens (including phenoxy) is 1. The SMILES string of the molecule is COc1ccc(-c2cc(Cl)cc([C@H](C)C(=O)O)c2)cc1. The van der Waals surface area contributed by atoms with E-state index in [2.05, 4.69) is 0 Å². The molecule has 0 aliphatic carbocycles. The zero-order valence-corrected chi connectivity index (χ0v) is 12.0. The minimum atomic E-state index is -0.868. The molecular formula is C16H15ClO3. The van der Waals surface area contributed by atoms with Gasteiger partial charge in [-0.15, -0.1) is 0 Å². The van der Waals surface area contributed by atoms with Crippen LogP contribution in [0.3, 0.4) is 0 Å². The maximum atomic E-state index is 11.1. The lowest BCUT2D eigenvalue weighted by molar-refractivity contribution is -0.138. The van der Waals surface area contributed by atoms with E-state index in [9.17, 15) is 4.79 Å². The third-order valence-electron chi connectivity index (χ3n) is 3.21. The van der Waals surface area contributed by atoms with E-state index in [0.717, 1.165) is 16.9 Å². The second-order valence-electron chi connectivity index (χ2n) is 4.56. The lowest BCUT2D eigenvalue weighted by Gasteiger charge is -2.11. The summed E-state index contributed by atoms with van der Waals surface area (Å²) in [7, 11) is 1.61. The van der Waals surface area contributed by atoms with Crippen LogP contribution in [0.4, 0.5) is 0 Å². The number of carbonyl (C=O) groups is 1. The number of hydrogen-bond donors (Lipinski definition) is 1. The van der Waals surface area contributed by atoms with Gasteiger partial charge in [0.2, 0.25) is 0 Å². The quantitative estimate of drug-likeness (QED) is 0.918. The van der Waals surface area contributed by atoms with Crippen molar-refractivity contribution in [2.75, 3.05) is 7.11 Å². The van der Waals surface area contributed by atoms with Gasteiger partial charge in [0.25, 0.3) is 0 Å². The fourth-order valence-corrected chi connectivity index (χ4v) is 2.20. The predicted molar refractivity (Wildman–Crippen MR) is 79.5 cm³/mol. The molecule has 0 heterocycles. The summed E-state index contributed by atoms with van der Waals surface area (Å²) in [4.78, 5) is 11.1. The number of aliphatic carboxylic acids is 1. The molecule has 1 N–H and O–H groups in total. The standard InChI is InChI=1S/C16H15ClO3/c1-10(16(18)19)12-7-13(9-14(17)8-12)11-3-5-15(20-2)6-4-11/h3-10H,1-2H3,(H,18,19)/t10-/m0/s1. The van der Waals surface area contributed by atoms with Gasteiger partial charge in [-0.2, -0.15) is 0 Å². The third kappa shape index (κ3) is 3.11. The minimum absolute atomic E-state index is 0.529. The molecule has 0 radical (unpaired) electrons. The molecule has 0 saturated carbocycles. The number of benzene rings is 2. The number of halogens is 1. The maximum Gasteiger partial charge on any atom is 0.310 e. The van der Waals surface area contributed by atoms with Crippen molar-refractivity contribution in [1.82, 2.24) is 0 Å². The molecule has 0 saturated heterocycles. The molecule has 0 aromatic heterocycles. The van der Waals surface area contributed by atoms with E-state index in [1.54, 1.807) is 20.1 Å². The predicted octanol–water partition coefficient (Wildman–Crippen LogP) is 4.20. The molecule has 104 valence electrons. The average molecular weight is 291 g/mol. The van der Waals surface area contributed by atoms with E-state index >= 15 is 0 Å². The molecule has 0 aliphatic heterocycles. The molecule has 4 heteroatoms. The summed E-state index contributed by atoms with van der Waals surface area (Å²) in [6.07, 6.45) is 0. The van der Waals surface area contributed by atoms with Crippen molar-refractivity contribution in [3.63, 3.8) is 0 Å². The van der Waals surface area contributed by atoms with Gasteiger partial charge in [-0.05, 0) is 47.9 Å². The molecule has 2 rings (SSSR count). The van der Waals surface area contributed by atoms with Gasteiger partial charge in [0.15, 0.2) is 0 Å². The molecule has 2 aromatic carbocycles. The Labute approximate surface area is 122 Å². The highest BCUT2D eigenvalue weighted by Crippen LogP contribution is 2.29. The fraction of sp³-hybridized carbons (Fsp3) is 0.188. The van der Waals surface area contributed by atoms with Crippen LogP contribution in [-0.2, 0) is 4.79 Å². The van der Waals surface area contributed by atoms with Crippen LogP contribution in [0.25, 0.3) is 11.1 Å². The summed E-state index contributed by atoms with van der Waals surface area (Å²) in [5.41, 5.74) is 2.55. The van der Waals surface area contributed by atoms with Gasteiger partial charge in [-0.1, -0.05) is 29.8 Å². The van der Waals surface area contributed by atoms with Gasteiger partial charge in [0.1, 0.15) is 5.75 Å². The van der Waals surface area contributed by atoms with Crippen LogP contribution < -0.4 is 4.74 Å². The van der Waals surface area contributed by atoms with Crippen LogP contribution in [-0.4, -0.2) is 18.2 Å². The normalized spacial score (nSPS) is 11.9. The van der Waals surface area contributed by atoms with Crippen molar-refractivity contribution in [3.05, 3.63) is 53.1 Å². The summed E-state index contributed by atoms with van der Waals surface area (Å²) in [6, 6.07) is 12.9. The first-order valence-electron chi connectivity index (χ1n) is 6.19. The van der Waals surface area contributed by atoms with E-state index < -0.39 is 11.9 Å². The van der Waals surface area contributed by atoms with Crippen LogP contribution in [0.1, 0.15) is 18.4 Å². The van der Waals surface area contributed by atoms with Crippen molar-refractivity contribution in [2.45, 2.75) is 12.8 Å². The molecule has 0 spiro atoms. The highest BCUT2D eigenvalue weighted by molar-refractivity contribution is 6.31. The highest BCUT2D eigenvalue weighted by Gasteiger charge is 2.15. The van der Waals surface area contributed by atoms with Gasteiger partial charge >= 0.3 is 5.97 Å². The van der Waals surface area contributed by atoms with Gasteiger partial charge in [-0.25, -0.2) is 0 Å². The van der Waals surface area contributed by atoms with E-state index in [4.69, 9.17) is 21.4 Å². The second kappa shape index (κ2) is 5.97. The molecule has 0 amide bonds. The second-order valence-corrected chi connectivity index (χ2v) is 5.00. The van der Waals surface area contributed by atoms with Crippen LogP contribution in [0.2, 0.25) is 5.02 Å². The van der Waals surface area contributed by atoms with Crippen molar-refractivity contribution >= 4 is 17.6 Å². The van der Waals surface area contributed by atoms with Crippen LogP contribution >= 0.6 is 11.6 Å². The van der Waals surface area contributed by atoms with Crippen LogP contribution in [0, 0.1) is 0 Å². The molecule has 1 atom stereocenters. The first-order chi connectivity index (χ1) is 9.51. The minimum Gasteiger partial charge on any atom is -0.497 e. The number of carboxylic acids is 1. The molecule has 3 nitrogen and oxygen atoms in total. The van der Waals surface area contributed by atoms with Gasteiger partial charge in [-0.3, -0.25) is 4.79 Å². The summed E-state index contributed by atoms with van der Waals surface area (Å²) >= 11 is 6.09. The fourth-order valence-electron chi connectivity index (χ4n) is 1.96. The topological polar surface area (TPSA) is 46.5 Å². The first kappa shape index (κ1) is 14.4. The Morgan fingerprint density at radius 1 is 1.15 bits per heavy atom. The Hall–Kier alpha value is -2.00. The Bertz CT molecular complexity index is 620. The Balaban J connectivity index is 2.43. The van der Waals surface area contributed by atoms with Crippen molar-refractivity contribution in [2.24, 2.45) is 0 Å². The Kier molecular flexibility index (Phi) is 4.30. The molecule has 0 fully saturated rings. The Morgan fingerprint density at radius 3 is 2.35 bits per heavy atom. The van der Waals surface area contributed by atoms with Crippen molar-refractivity contribution in [1.29, 1.82) is 0 Å². The largest absolute Gasteiger partial charge is 0.497 e. The summed E-state index contributed by atoms with van der Waals surface area (Å²) in [6.45, 7) is 1.64. The Morgan fingerprint density at radius 2 is 1.80 bits per heavy atom. The monoisotopic (exact) mass is 290 g/mol. The molecular weight excluding hydrogens is 276 g/mol. The highest BCUT2D eigenvalue weighted by atomic mass is 35.5. The van der Waals surface area contributed by atoms with E-state index in [-0.39, 0.29) is 0 Å². The zero-order valence-electron chi connectivity index (χ0n) is 11.3. The van der Waals surface area contributed by atoms with E-state index in [1.807, 2.05) is 36.4 Å². The zero-order chi connectivity index (χ0) is 14.7. The van der Waals surface area contributed by atoms with Crippen LogP contribution in [0.5, 0.6) is 5.75 Å².